The summed E-state index contributed by atoms with van der Waals surface area (Å²) in [6, 6.07) is 6.15. The highest BCUT2D eigenvalue weighted by Crippen LogP contribution is 2.19. The first kappa shape index (κ1) is 13.6. The van der Waals surface area contributed by atoms with E-state index in [4.69, 9.17) is 4.74 Å². The molecule has 3 rings (SSSR count). The highest BCUT2D eigenvalue weighted by molar-refractivity contribution is 5.89. The van der Waals surface area contributed by atoms with E-state index in [2.05, 4.69) is 15.3 Å². The number of methoxy groups -OCH3 is 1. The number of esters is 1. The van der Waals surface area contributed by atoms with E-state index >= 15 is 0 Å². The molecule has 1 aromatic carbocycles. The Kier molecular flexibility index (Phi) is 3.62. The molecule has 0 unspecified atom stereocenters. The van der Waals surface area contributed by atoms with E-state index in [1.165, 1.54) is 19.2 Å². The van der Waals surface area contributed by atoms with Crippen LogP contribution < -0.4 is 5.32 Å². The third kappa shape index (κ3) is 2.75. The van der Waals surface area contributed by atoms with Crippen LogP contribution in [-0.4, -0.2) is 23.0 Å². The van der Waals surface area contributed by atoms with Crippen LogP contribution in [0.1, 0.15) is 33.1 Å². The zero-order chi connectivity index (χ0) is 14.8. The molecule has 0 radical (unpaired) electrons. The molecule has 0 bridgehead atoms. The summed E-state index contributed by atoms with van der Waals surface area (Å²) in [5.74, 6) is -0.213. The molecule has 0 saturated heterocycles. The van der Waals surface area contributed by atoms with Gasteiger partial charge in [0.15, 0.2) is 5.69 Å². The van der Waals surface area contributed by atoms with Crippen molar-refractivity contribution in [2.75, 3.05) is 7.11 Å². The summed E-state index contributed by atoms with van der Waals surface area (Å²) in [7, 11) is 1.33. The van der Waals surface area contributed by atoms with E-state index in [9.17, 15) is 9.18 Å². The van der Waals surface area contributed by atoms with Crippen molar-refractivity contribution in [1.82, 2.24) is 15.3 Å². The van der Waals surface area contributed by atoms with Crippen molar-refractivity contribution in [2.24, 2.45) is 0 Å². The fraction of sp³-hybridized carbons (Fsp3) is 0.267. The maximum absolute atomic E-state index is 12.9. The Balaban J connectivity index is 1.96. The van der Waals surface area contributed by atoms with E-state index < -0.39 is 5.97 Å². The molecule has 0 fully saturated rings. The Morgan fingerprint density at radius 1 is 1.29 bits per heavy atom. The summed E-state index contributed by atoms with van der Waals surface area (Å²) in [5, 5.41) is 3.15. The van der Waals surface area contributed by atoms with Crippen LogP contribution in [0.15, 0.2) is 24.3 Å². The van der Waals surface area contributed by atoms with E-state index in [0.29, 0.717) is 31.0 Å². The smallest absolute Gasteiger partial charge is 0.357 e. The first-order valence-corrected chi connectivity index (χ1v) is 6.59. The molecule has 0 aliphatic carbocycles. The SMILES string of the molecule is COC(=O)c1nc(Cc2ccc(F)cc2)nc2c1CNC2. The molecule has 1 N–H and O–H groups in total. The molecule has 1 aliphatic heterocycles. The van der Waals surface area contributed by atoms with Gasteiger partial charge in [0.1, 0.15) is 11.6 Å². The van der Waals surface area contributed by atoms with Gasteiger partial charge in [-0.15, -0.1) is 0 Å². The molecule has 21 heavy (non-hydrogen) atoms. The lowest BCUT2D eigenvalue weighted by Gasteiger charge is -2.08. The summed E-state index contributed by atoms with van der Waals surface area (Å²) >= 11 is 0. The first-order chi connectivity index (χ1) is 10.2. The fourth-order valence-electron chi connectivity index (χ4n) is 2.35. The highest BCUT2D eigenvalue weighted by atomic mass is 19.1. The first-order valence-electron chi connectivity index (χ1n) is 6.59. The van der Waals surface area contributed by atoms with Crippen LogP contribution in [0, 0.1) is 5.82 Å². The summed E-state index contributed by atoms with van der Waals surface area (Å²) in [5.41, 5.74) is 2.81. The Labute approximate surface area is 121 Å². The van der Waals surface area contributed by atoms with E-state index in [1.54, 1.807) is 12.1 Å². The van der Waals surface area contributed by atoms with Gasteiger partial charge in [0.25, 0.3) is 0 Å². The lowest BCUT2D eigenvalue weighted by atomic mass is 10.1. The third-order valence-electron chi connectivity index (χ3n) is 3.39. The molecule has 5 nitrogen and oxygen atoms in total. The summed E-state index contributed by atoms with van der Waals surface area (Å²) < 4.78 is 17.7. The van der Waals surface area contributed by atoms with Gasteiger partial charge in [0.05, 0.1) is 12.8 Å². The van der Waals surface area contributed by atoms with Crippen molar-refractivity contribution in [1.29, 1.82) is 0 Å². The van der Waals surface area contributed by atoms with E-state index in [0.717, 1.165) is 16.8 Å². The predicted molar refractivity (Wildman–Crippen MR) is 73.1 cm³/mol. The summed E-state index contributed by atoms with van der Waals surface area (Å²) in [6.07, 6.45) is 0.442. The molecule has 1 aromatic heterocycles. The van der Waals surface area contributed by atoms with E-state index in [1.807, 2.05) is 0 Å². The van der Waals surface area contributed by atoms with Crippen molar-refractivity contribution < 1.29 is 13.9 Å². The van der Waals surface area contributed by atoms with Crippen LogP contribution >= 0.6 is 0 Å². The molecular weight excluding hydrogens is 273 g/mol. The molecule has 0 atom stereocenters. The van der Waals surface area contributed by atoms with E-state index in [-0.39, 0.29) is 5.82 Å². The molecule has 0 amide bonds. The Morgan fingerprint density at radius 3 is 2.76 bits per heavy atom. The van der Waals surface area contributed by atoms with Crippen molar-refractivity contribution in [3.63, 3.8) is 0 Å². The van der Waals surface area contributed by atoms with Crippen LogP contribution in [0.2, 0.25) is 0 Å². The average molecular weight is 287 g/mol. The molecule has 2 aromatic rings. The van der Waals surface area contributed by atoms with Crippen LogP contribution in [-0.2, 0) is 24.2 Å². The normalized spacial score (nSPS) is 13.0. The van der Waals surface area contributed by atoms with Crippen molar-refractivity contribution >= 4 is 5.97 Å². The van der Waals surface area contributed by atoms with Crippen LogP contribution in [0.3, 0.4) is 0 Å². The number of ether oxygens (including phenoxy) is 1. The topological polar surface area (TPSA) is 64.1 Å². The van der Waals surface area contributed by atoms with Gasteiger partial charge in [-0.3, -0.25) is 0 Å². The molecule has 6 heteroatoms. The Morgan fingerprint density at radius 2 is 2.05 bits per heavy atom. The maximum Gasteiger partial charge on any atom is 0.357 e. The highest BCUT2D eigenvalue weighted by Gasteiger charge is 2.23. The molecule has 0 spiro atoms. The Hall–Kier alpha value is -2.34. The summed E-state index contributed by atoms with van der Waals surface area (Å²) in [4.78, 5) is 20.6. The molecule has 2 heterocycles. The Bertz CT molecular complexity index is 686. The largest absolute Gasteiger partial charge is 0.464 e. The number of halogens is 1. The lowest BCUT2D eigenvalue weighted by Crippen LogP contribution is -2.13. The standard InChI is InChI=1S/C15H14FN3O2/c1-21-15(20)14-11-7-17-8-12(11)18-13(19-14)6-9-2-4-10(16)5-3-9/h2-5,17H,6-8H2,1H3. The van der Waals surface area contributed by atoms with Gasteiger partial charge >= 0.3 is 5.97 Å². The number of nitrogens with one attached hydrogen (secondary N) is 1. The van der Waals surface area contributed by atoms with Crippen LogP contribution in [0.4, 0.5) is 4.39 Å². The fourth-order valence-corrected chi connectivity index (χ4v) is 2.35. The van der Waals surface area contributed by atoms with Crippen LogP contribution in [0.5, 0.6) is 0 Å². The molecule has 0 saturated carbocycles. The predicted octanol–water partition coefficient (Wildman–Crippen LogP) is 1.60. The zero-order valence-electron chi connectivity index (χ0n) is 11.5. The molecular formula is C15H14FN3O2. The van der Waals surface area contributed by atoms with Gasteiger partial charge in [0, 0.05) is 25.1 Å². The second-order valence-corrected chi connectivity index (χ2v) is 4.81. The second kappa shape index (κ2) is 5.57. The number of carbonyl (C=O) groups excluding carboxylic acids is 1. The number of fused-ring (bicyclic) bond motifs is 1. The van der Waals surface area contributed by atoms with Gasteiger partial charge in [-0.2, -0.15) is 0 Å². The minimum Gasteiger partial charge on any atom is -0.464 e. The summed E-state index contributed by atoms with van der Waals surface area (Å²) in [6.45, 7) is 1.18. The maximum atomic E-state index is 12.9. The van der Waals surface area contributed by atoms with Gasteiger partial charge in [0.2, 0.25) is 0 Å². The number of aromatic nitrogens is 2. The second-order valence-electron chi connectivity index (χ2n) is 4.81. The number of benzene rings is 1. The minimum atomic E-state index is -0.460. The number of hydrogen-bond donors (Lipinski definition) is 1. The zero-order valence-corrected chi connectivity index (χ0v) is 11.5. The quantitative estimate of drug-likeness (QED) is 0.869. The van der Waals surface area contributed by atoms with Gasteiger partial charge in [-0.05, 0) is 17.7 Å². The van der Waals surface area contributed by atoms with Gasteiger partial charge in [-0.25, -0.2) is 19.2 Å². The van der Waals surface area contributed by atoms with Crippen molar-refractivity contribution in [3.05, 3.63) is 58.4 Å². The van der Waals surface area contributed by atoms with Crippen molar-refractivity contribution in [3.8, 4) is 0 Å². The van der Waals surface area contributed by atoms with Crippen molar-refractivity contribution in [2.45, 2.75) is 19.5 Å². The molecule has 1 aliphatic rings. The number of hydrogen-bond acceptors (Lipinski definition) is 5. The monoisotopic (exact) mass is 287 g/mol. The number of nitrogens with zero attached hydrogens (tertiary/aromatic N) is 2. The third-order valence-corrected chi connectivity index (χ3v) is 3.39. The van der Waals surface area contributed by atoms with Gasteiger partial charge < -0.3 is 10.1 Å². The molecule has 108 valence electrons. The van der Waals surface area contributed by atoms with Gasteiger partial charge in [-0.1, -0.05) is 12.1 Å². The number of rotatable bonds is 3. The van der Waals surface area contributed by atoms with Crippen LogP contribution in [0.25, 0.3) is 0 Å². The number of carbonyl (C=O) groups is 1. The average Bonchev–Trinajstić information content (AvgIpc) is 2.96. The minimum absolute atomic E-state index is 0.284. The lowest BCUT2D eigenvalue weighted by molar-refractivity contribution is 0.0592.